The molecule has 2 aromatic carbocycles. The summed E-state index contributed by atoms with van der Waals surface area (Å²) in [5, 5.41) is 4.48. The van der Waals surface area contributed by atoms with Gasteiger partial charge >= 0.3 is 5.97 Å². The predicted octanol–water partition coefficient (Wildman–Crippen LogP) is 3.72. The number of benzene rings is 2. The first kappa shape index (κ1) is 19.7. The Morgan fingerprint density at radius 3 is 2.53 bits per heavy atom. The lowest BCUT2D eigenvalue weighted by atomic mass is 10.1. The Morgan fingerprint density at radius 1 is 1.07 bits per heavy atom. The van der Waals surface area contributed by atoms with E-state index in [1.54, 1.807) is 47.4 Å². The SMILES string of the molecule is COC(=O)[C@@H](NC(=O)c1csc2nc(-c3ccccc3OC)cn12)c1ccccc1. The molecule has 0 unspecified atom stereocenters. The summed E-state index contributed by atoms with van der Waals surface area (Å²) in [6.07, 6.45) is 1.79. The Balaban J connectivity index is 1.66. The Labute approximate surface area is 176 Å². The van der Waals surface area contributed by atoms with E-state index in [1.807, 2.05) is 30.3 Å². The molecule has 0 aliphatic rings. The monoisotopic (exact) mass is 421 g/mol. The summed E-state index contributed by atoms with van der Waals surface area (Å²) in [6, 6.07) is 15.6. The second-order valence-electron chi connectivity index (χ2n) is 6.44. The van der Waals surface area contributed by atoms with Gasteiger partial charge in [-0.1, -0.05) is 42.5 Å². The van der Waals surface area contributed by atoms with E-state index >= 15 is 0 Å². The molecule has 0 radical (unpaired) electrons. The van der Waals surface area contributed by atoms with E-state index in [2.05, 4.69) is 10.3 Å². The number of para-hydroxylation sites is 1. The van der Waals surface area contributed by atoms with Crippen LogP contribution in [0.4, 0.5) is 0 Å². The molecular weight excluding hydrogens is 402 g/mol. The second-order valence-corrected chi connectivity index (χ2v) is 7.28. The number of carbonyl (C=O) groups excluding carboxylic acids is 2. The van der Waals surface area contributed by atoms with Crippen LogP contribution < -0.4 is 10.1 Å². The topological polar surface area (TPSA) is 81.9 Å². The Morgan fingerprint density at radius 2 is 1.80 bits per heavy atom. The lowest BCUT2D eigenvalue weighted by molar-refractivity contribution is -0.143. The van der Waals surface area contributed by atoms with Crippen molar-refractivity contribution < 1.29 is 19.1 Å². The van der Waals surface area contributed by atoms with Crippen molar-refractivity contribution in [3.05, 3.63) is 77.4 Å². The summed E-state index contributed by atoms with van der Waals surface area (Å²) < 4.78 is 12.0. The number of rotatable bonds is 6. The van der Waals surface area contributed by atoms with Gasteiger partial charge in [0.2, 0.25) is 0 Å². The fourth-order valence-electron chi connectivity index (χ4n) is 3.18. The molecule has 0 saturated heterocycles. The Hall–Kier alpha value is -3.65. The first-order chi connectivity index (χ1) is 14.6. The summed E-state index contributed by atoms with van der Waals surface area (Å²) in [5.74, 6) is -0.241. The van der Waals surface area contributed by atoms with Gasteiger partial charge < -0.3 is 14.8 Å². The highest BCUT2D eigenvalue weighted by atomic mass is 32.1. The van der Waals surface area contributed by atoms with Gasteiger partial charge in [0.1, 0.15) is 11.4 Å². The maximum absolute atomic E-state index is 13.0. The number of aromatic nitrogens is 2. The number of hydrogen-bond acceptors (Lipinski definition) is 6. The molecule has 7 nitrogen and oxygen atoms in total. The molecule has 0 spiro atoms. The largest absolute Gasteiger partial charge is 0.496 e. The number of imidazole rings is 1. The summed E-state index contributed by atoms with van der Waals surface area (Å²) >= 11 is 1.34. The molecule has 2 heterocycles. The predicted molar refractivity (Wildman–Crippen MR) is 114 cm³/mol. The van der Waals surface area contributed by atoms with Gasteiger partial charge in [0.05, 0.1) is 19.9 Å². The molecule has 152 valence electrons. The summed E-state index contributed by atoms with van der Waals surface area (Å²) in [6.45, 7) is 0. The average molecular weight is 421 g/mol. The normalized spacial score (nSPS) is 11.8. The van der Waals surface area contributed by atoms with Crippen LogP contribution in [0.15, 0.2) is 66.2 Å². The fourth-order valence-corrected chi connectivity index (χ4v) is 4.03. The van der Waals surface area contributed by atoms with Crippen LogP contribution in [-0.4, -0.2) is 35.5 Å². The number of thiazole rings is 1. The number of amides is 1. The van der Waals surface area contributed by atoms with Crippen LogP contribution in [0.3, 0.4) is 0 Å². The Bertz CT molecular complexity index is 1200. The van der Waals surface area contributed by atoms with Gasteiger partial charge in [-0.2, -0.15) is 0 Å². The number of nitrogens with one attached hydrogen (secondary N) is 1. The van der Waals surface area contributed by atoms with Crippen molar-refractivity contribution in [1.82, 2.24) is 14.7 Å². The molecule has 1 amide bonds. The minimum atomic E-state index is -0.907. The van der Waals surface area contributed by atoms with Crippen molar-refractivity contribution >= 4 is 28.2 Å². The van der Waals surface area contributed by atoms with Gasteiger partial charge in [-0.15, -0.1) is 11.3 Å². The lowest BCUT2D eigenvalue weighted by Gasteiger charge is -2.16. The first-order valence-electron chi connectivity index (χ1n) is 9.16. The maximum atomic E-state index is 13.0. The smallest absolute Gasteiger partial charge is 0.333 e. The molecule has 30 heavy (non-hydrogen) atoms. The van der Waals surface area contributed by atoms with Crippen molar-refractivity contribution in [1.29, 1.82) is 0 Å². The van der Waals surface area contributed by atoms with Crippen LogP contribution in [0, 0.1) is 0 Å². The van der Waals surface area contributed by atoms with E-state index < -0.39 is 17.9 Å². The molecule has 4 aromatic rings. The van der Waals surface area contributed by atoms with E-state index in [1.165, 1.54) is 18.4 Å². The van der Waals surface area contributed by atoms with Crippen LogP contribution >= 0.6 is 11.3 Å². The van der Waals surface area contributed by atoms with E-state index in [-0.39, 0.29) is 0 Å². The van der Waals surface area contributed by atoms with Crippen LogP contribution in [-0.2, 0) is 9.53 Å². The lowest BCUT2D eigenvalue weighted by Crippen LogP contribution is -2.35. The molecule has 2 aromatic heterocycles. The van der Waals surface area contributed by atoms with Gasteiger partial charge in [0.25, 0.3) is 5.91 Å². The minimum absolute atomic E-state index is 0.383. The van der Waals surface area contributed by atoms with Crippen molar-refractivity contribution in [3.63, 3.8) is 0 Å². The number of carbonyl (C=O) groups is 2. The van der Waals surface area contributed by atoms with E-state index in [0.717, 1.165) is 5.56 Å². The van der Waals surface area contributed by atoms with Crippen molar-refractivity contribution in [3.8, 4) is 17.0 Å². The number of esters is 1. The molecule has 4 rings (SSSR count). The third-order valence-corrected chi connectivity index (χ3v) is 5.51. The highest BCUT2D eigenvalue weighted by molar-refractivity contribution is 7.15. The molecule has 0 fully saturated rings. The quantitative estimate of drug-likeness (QED) is 0.480. The van der Waals surface area contributed by atoms with Crippen LogP contribution in [0.1, 0.15) is 22.1 Å². The summed E-state index contributed by atoms with van der Waals surface area (Å²) in [7, 11) is 2.90. The average Bonchev–Trinajstić information content (AvgIpc) is 3.38. The first-order valence-corrected chi connectivity index (χ1v) is 10.0. The van der Waals surface area contributed by atoms with Gasteiger partial charge in [0, 0.05) is 17.1 Å². The number of methoxy groups -OCH3 is 2. The molecule has 0 bridgehead atoms. The van der Waals surface area contributed by atoms with Gasteiger partial charge in [-0.3, -0.25) is 9.20 Å². The number of fused-ring (bicyclic) bond motifs is 1. The van der Waals surface area contributed by atoms with Crippen molar-refractivity contribution in [2.24, 2.45) is 0 Å². The molecule has 0 aliphatic heterocycles. The molecule has 8 heteroatoms. The molecular formula is C22H19N3O4S. The molecule has 0 saturated carbocycles. The van der Waals surface area contributed by atoms with Crippen LogP contribution in [0.25, 0.3) is 16.2 Å². The summed E-state index contributed by atoms with van der Waals surface area (Å²) in [4.78, 5) is 30.6. The van der Waals surface area contributed by atoms with E-state index in [0.29, 0.717) is 27.7 Å². The zero-order valence-corrected chi connectivity index (χ0v) is 17.2. The third-order valence-electron chi connectivity index (χ3n) is 4.67. The second kappa shape index (κ2) is 8.38. The molecule has 1 atom stereocenters. The van der Waals surface area contributed by atoms with Gasteiger partial charge in [-0.25, -0.2) is 9.78 Å². The number of ether oxygens (including phenoxy) is 2. The van der Waals surface area contributed by atoms with Crippen molar-refractivity contribution in [2.45, 2.75) is 6.04 Å². The van der Waals surface area contributed by atoms with E-state index in [4.69, 9.17) is 9.47 Å². The molecule has 0 aliphatic carbocycles. The Kier molecular flexibility index (Phi) is 5.49. The maximum Gasteiger partial charge on any atom is 0.333 e. The zero-order valence-electron chi connectivity index (χ0n) is 16.4. The zero-order chi connectivity index (χ0) is 21.1. The summed E-state index contributed by atoms with van der Waals surface area (Å²) in [5.41, 5.74) is 2.55. The van der Waals surface area contributed by atoms with E-state index in [9.17, 15) is 9.59 Å². The number of hydrogen-bond donors (Lipinski definition) is 1. The standard InChI is InChI=1S/C22H19N3O4S/c1-28-18-11-7-6-10-15(18)16-12-25-17(13-30-22(25)23-16)20(26)24-19(21(27)29-2)14-8-4-3-5-9-14/h3-13,19H,1-2H3,(H,24,26)/t19-/m0/s1. The number of nitrogens with zero attached hydrogens (tertiary/aromatic N) is 2. The van der Waals surface area contributed by atoms with Gasteiger partial charge in [0.15, 0.2) is 11.0 Å². The molecule has 1 N–H and O–H groups in total. The van der Waals surface area contributed by atoms with Crippen LogP contribution in [0.5, 0.6) is 5.75 Å². The minimum Gasteiger partial charge on any atom is -0.496 e. The third kappa shape index (κ3) is 3.65. The van der Waals surface area contributed by atoms with Gasteiger partial charge in [-0.05, 0) is 17.7 Å². The van der Waals surface area contributed by atoms with Crippen LogP contribution in [0.2, 0.25) is 0 Å². The van der Waals surface area contributed by atoms with Crippen molar-refractivity contribution in [2.75, 3.05) is 14.2 Å². The highest BCUT2D eigenvalue weighted by Crippen LogP contribution is 2.30. The highest BCUT2D eigenvalue weighted by Gasteiger charge is 2.26. The fraction of sp³-hybridized carbons (Fsp3) is 0.136.